The van der Waals surface area contributed by atoms with Crippen molar-refractivity contribution in [3.63, 3.8) is 0 Å². The molecule has 6 heteroatoms. The number of hydrogen-bond donors (Lipinski definition) is 3. The van der Waals surface area contributed by atoms with Crippen LogP contribution in [-0.4, -0.2) is 17.4 Å². The van der Waals surface area contributed by atoms with Crippen LogP contribution in [-0.2, 0) is 6.61 Å². The molecule has 3 N–H and O–H groups in total. The molecular formula is C35H26N2O4. The van der Waals surface area contributed by atoms with Crippen LogP contribution in [0.15, 0.2) is 121 Å². The first-order valence-corrected chi connectivity index (χ1v) is 13.2. The number of nitrogens with one attached hydrogen (secondary N) is 2. The molecule has 0 aromatic heterocycles. The molecule has 6 aromatic rings. The molecule has 0 atom stereocenters. The van der Waals surface area contributed by atoms with Crippen molar-refractivity contribution >= 4 is 45.2 Å². The van der Waals surface area contributed by atoms with Gasteiger partial charge < -0.3 is 20.5 Å². The Kier molecular flexibility index (Phi) is 7.03. The standard InChI is InChI=1S/C35H26N2O4/c38-21-26-20-25-11-5-7-16-30(25)33(34(26)39)32-29-15-6-4-10-24(29)17-18-31(32)41-22-23-9-8-14-28(19-23)37-35(40)36-27-12-2-1-3-13-27/h1-21,39H,22H2,(H2,36,37,40). The molecule has 0 radical (unpaired) electrons. The Bertz CT molecular complexity index is 1900. The molecule has 0 aliphatic heterocycles. The van der Waals surface area contributed by atoms with E-state index >= 15 is 0 Å². The van der Waals surface area contributed by atoms with Gasteiger partial charge in [0.1, 0.15) is 18.1 Å². The van der Waals surface area contributed by atoms with Gasteiger partial charge in [0.05, 0.1) is 5.56 Å². The zero-order valence-corrected chi connectivity index (χ0v) is 22.0. The predicted octanol–water partition coefficient (Wildman–Crippen LogP) is 8.40. The molecule has 0 saturated carbocycles. The number of phenolic OH excluding ortho intramolecular Hbond substituents is 1. The maximum atomic E-state index is 12.5. The Hall–Kier alpha value is -5.62. The average molecular weight is 539 g/mol. The molecule has 0 aliphatic rings. The molecule has 41 heavy (non-hydrogen) atoms. The Morgan fingerprint density at radius 1 is 0.683 bits per heavy atom. The highest BCUT2D eigenvalue weighted by molar-refractivity contribution is 6.12. The van der Waals surface area contributed by atoms with Crippen LogP contribution < -0.4 is 15.4 Å². The summed E-state index contributed by atoms with van der Waals surface area (Å²) in [6.45, 7) is 0.216. The minimum absolute atomic E-state index is 0.0875. The summed E-state index contributed by atoms with van der Waals surface area (Å²) in [5.41, 5.74) is 3.63. The summed E-state index contributed by atoms with van der Waals surface area (Å²) in [5.74, 6) is 0.475. The van der Waals surface area contributed by atoms with Crippen molar-refractivity contribution in [1.29, 1.82) is 0 Å². The van der Waals surface area contributed by atoms with Gasteiger partial charge in [-0.1, -0.05) is 84.9 Å². The number of aldehydes is 1. The van der Waals surface area contributed by atoms with Crippen molar-refractivity contribution < 1.29 is 19.4 Å². The van der Waals surface area contributed by atoms with Gasteiger partial charge in [-0.05, 0) is 63.5 Å². The Morgan fingerprint density at radius 2 is 1.34 bits per heavy atom. The first-order chi connectivity index (χ1) is 20.1. The van der Waals surface area contributed by atoms with E-state index in [1.807, 2.05) is 115 Å². The second kappa shape index (κ2) is 11.2. The summed E-state index contributed by atoms with van der Waals surface area (Å²) in [5, 5.41) is 20.5. The third-order valence-corrected chi connectivity index (χ3v) is 6.93. The van der Waals surface area contributed by atoms with E-state index in [1.54, 1.807) is 6.07 Å². The van der Waals surface area contributed by atoms with Crippen LogP contribution in [0, 0.1) is 0 Å². The Labute approximate surface area is 236 Å². The number of carbonyl (C=O) groups is 2. The second-order valence-electron chi connectivity index (χ2n) is 9.62. The van der Waals surface area contributed by atoms with Gasteiger partial charge in [0, 0.05) is 22.5 Å². The predicted molar refractivity (Wildman–Crippen MR) is 164 cm³/mol. The van der Waals surface area contributed by atoms with Crippen LogP contribution in [0.4, 0.5) is 16.2 Å². The van der Waals surface area contributed by atoms with E-state index in [4.69, 9.17) is 4.74 Å². The fourth-order valence-corrected chi connectivity index (χ4v) is 5.05. The highest BCUT2D eigenvalue weighted by atomic mass is 16.5. The molecule has 0 unspecified atom stereocenters. The number of urea groups is 1. The summed E-state index contributed by atoms with van der Waals surface area (Å²) in [6.07, 6.45) is 0.670. The van der Waals surface area contributed by atoms with Gasteiger partial charge in [-0.2, -0.15) is 0 Å². The van der Waals surface area contributed by atoms with Crippen LogP contribution in [0.3, 0.4) is 0 Å². The van der Waals surface area contributed by atoms with E-state index in [0.29, 0.717) is 34.5 Å². The third-order valence-electron chi connectivity index (χ3n) is 6.93. The molecule has 0 bridgehead atoms. The van der Waals surface area contributed by atoms with Crippen LogP contribution >= 0.6 is 0 Å². The van der Waals surface area contributed by atoms with Crippen molar-refractivity contribution in [2.24, 2.45) is 0 Å². The van der Waals surface area contributed by atoms with Crippen molar-refractivity contribution in [2.75, 3.05) is 10.6 Å². The van der Waals surface area contributed by atoms with Gasteiger partial charge in [0.2, 0.25) is 0 Å². The lowest BCUT2D eigenvalue weighted by molar-refractivity contribution is 0.112. The molecule has 0 heterocycles. The minimum atomic E-state index is -0.344. The second-order valence-corrected chi connectivity index (χ2v) is 9.62. The number of aromatic hydroxyl groups is 1. The van der Waals surface area contributed by atoms with Gasteiger partial charge >= 0.3 is 6.03 Å². The summed E-state index contributed by atoms with van der Waals surface area (Å²) >= 11 is 0. The fraction of sp³-hybridized carbons (Fsp3) is 0.0286. The van der Waals surface area contributed by atoms with E-state index in [9.17, 15) is 14.7 Å². The minimum Gasteiger partial charge on any atom is -0.507 e. The lowest BCUT2D eigenvalue weighted by Crippen LogP contribution is -2.19. The van der Waals surface area contributed by atoms with Gasteiger partial charge in [-0.25, -0.2) is 4.79 Å². The number of phenols is 1. The molecule has 0 saturated heterocycles. The molecule has 6 nitrogen and oxygen atoms in total. The Balaban J connectivity index is 1.35. The average Bonchev–Trinajstić information content (AvgIpc) is 3.00. The molecule has 6 aromatic carbocycles. The van der Waals surface area contributed by atoms with Crippen molar-refractivity contribution in [2.45, 2.75) is 6.61 Å². The van der Waals surface area contributed by atoms with Crippen molar-refractivity contribution in [3.8, 4) is 22.6 Å². The van der Waals surface area contributed by atoms with Gasteiger partial charge in [-0.3, -0.25) is 4.79 Å². The number of carbonyl (C=O) groups excluding carboxylic acids is 2. The molecular weight excluding hydrogens is 512 g/mol. The number of ether oxygens (including phenoxy) is 1. The lowest BCUT2D eigenvalue weighted by Gasteiger charge is -2.18. The summed E-state index contributed by atoms with van der Waals surface area (Å²) in [4.78, 5) is 24.4. The fourth-order valence-electron chi connectivity index (χ4n) is 5.05. The molecule has 0 aliphatic carbocycles. The van der Waals surface area contributed by atoms with E-state index in [0.717, 1.165) is 27.1 Å². The van der Waals surface area contributed by atoms with Gasteiger partial charge in [0.15, 0.2) is 6.29 Å². The van der Waals surface area contributed by atoms with E-state index in [1.165, 1.54) is 0 Å². The van der Waals surface area contributed by atoms with E-state index in [-0.39, 0.29) is 24.0 Å². The summed E-state index contributed by atoms with van der Waals surface area (Å²) < 4.78 is 6.39. The highest BCUT2D eigenvalue weighted by Crippen LogP contribution is 2.46. The number of amides is 2. The van der Waals surface area contributed by atoms with Crippen molar-refractivity contribution in [1.82, 2.24) is 0 Å². The van der Waals surface area contributed by atoms with E-state index in [2.05, 4.69) is 10.6 Å². The number of hydrogen-bond acceptors (Lipinski definition) is 4. The van der Waals surface area contributed by atoms with Crippen LogP contribution in [0.5, 0.6) is 11.5 Å². The number of para-hydroxylation sites is 1. The first-order valence-electron chi connectivity index (χ1n) is 13.2. The molecule has 0 fully saturated rings. The molecule has 6 rings (SSSR count). The van der Waals surface area contributed by atoms with Crippen molar-refractivity contribution in [3.05, 3.63) is 132 Å². The largest absolute Gasteiger partial charge is 0.507 e. The normalized spacial score (nSPS) is 10.8. The van der Waals surface area contributed by atoms with Crippen LogP contribution in [0.25, 0.3) is 32.7 Å². The highest BCUT2D eigenvalue weighted by Gasteiger charge is 2.20. The number of benzene rings is 6. The summed E-state index contributed by atoms with van der Waals surface area (Å²) in [7, 11) is 0. The number of anilines is 2. The van der Waals surface area contributed by atoms with Gasteiger partial charge in [-0.15, -0.1) is 0 Å². The molecule has 0 spiro atoms. The van der Waals surface area contributed by atoms with Gasteiger partial charge in [0.25, 0.3) is 0 Å². The maximum Gasteiger partial charge on any atom is 0.323 e. The first kappa shape index (κ1) is 25.6. The quantitative estimate of drug-likeness (QED) is 0.178. The lowest BCUT2D eigenvalue weighted by atomic mass is 9.90. The number of fused-ring (bicyclic) bond motifs is 2. The maximum absolute atomic E-state index is 12.5. The van der Waals surface area contributed by atoms with E-state index < -0.39 is 0 Å². The smallest absolute Gasteiger partial charge is 0.323 e. The van der Waals surface area contributed by atoms with Crippen LogP contribution in [0.2, 0.25) is 0 Å². The monoisotopic (exact) mass is 538 g/mol. The third kappa shape index (κ3) is 5.31. The zero-order chi connectivity index (χ0) is 28.2. The number of rotatable bonds is 7. The zero-order valence-electron chi connectivity index (χ0n) is 22.0. The van der Waals surface area contributed by atoms with Crippen LogP contribution in [0.1, 0.15) is 15.9 Å². The molecule has 2 amide bonds. The SMILES string of the molecule is O=Cc1cc2ccccc2c(-c2c(OCc3cccc(NC(=O)Nc4ccccc4)c3)ccc3ccccc23)c1O. The topological polar surface area (TPSA) is 87.7 Å². The Morgan fingerprint density at radius 3 is 2.12 bits per heavy atom. The summed E-state index contributed by atoms with van der Waals surface area (Å²) in [6, 6.07) is 37.4. The molecule has 200 valence electrons.